The van der Waals surface area contributed by atoms with E-state index in [2.05, 4.69) is 15.3 Å². The fraction of sp³-hybridized carbons (Fsp3) is 0.0769. The summed E-state index contributed by atoms with van der Waals surface area (Å²) >= 11 is 9.10. The number of nitrogens with one attached hydrogen (secondary N) is 1. The number of benzene rings is 1. The normalized spacial score (nSPS) is 10.7. The van der Waals surface area contributed by atoms with Gasteiger partial charge in [-0.15, -0.1) is 22.7 Å². The summed E-state index contributed by atoms with van der Waals surface area (Å²) in [6.45, 7) is 1.97. The molecule has 1 aromatic carbocycles. The Morgan fingerprint density at radius 2 is 2.05 bits per heavy atom. The van der Waals surface area contributed by atoms with Crippen LogP contribution in [0.25, 0.3) is 11.3 Å². The van der Waals surface area contributed by atoms with Crippen LogP contribution in [-0.4, -0.2) is 15.1 Å². The summed E-state index contributed by atoms with van der Waals surface area (Å²) in [6.07, 6.45) is 0. The molecule has 2 heterocycles. The zero-order valence-corrected chi connectivity index (χ0v) is 12.8. The number of hydrogen-bond donors (Lipinski definition) is 2. The molecular weight excluding hydrogens is 314 g/mol. The SMILES string of the molecule is Cc1nc(-c2ccc(Cl)c(Nc3nc(O)cs3)c2)cs1. The van der Waals surface area contributed by atoms with E-state index in [0.717, 1.165) is 22.0 Å². The number of rotatable bonds is 3. The van der Waals surface area contributed by atoms with Crippen LogP contribution >= 0.6 is 34.3 Å². The molecule has 0 aliphatic carbocycles. The maximum atomic E-state index is 9.25. The summed E-state index contributed by atoms with van der Waals surface area (Å²) < 4.78 is 0. The average Bonchev–Trinajstić information content (AvgIpc) is 3.01. The van der Waals surface area contributed by atoms with E-state index in [1.54, 1.807) is 16.7 Å². The van der Waals surface area contributed by atoms with Crippen molar-refractivity contribution in [3.8, 4) is 17.1 Å². The number of aromatic hydroxyl groups is 1. The molecule has 0 bridgehead atoms. The standard InChI is InChI=1S/C13H10ClN3OS2/c1-7-15-11(5-19-7)8-2-3-9(14)10(4-8)16-13-17-12(18)6-20-13/h2-6,18H,1H3,(H,16,17). The molecule has 7 heteroatoms. The van der Waals surface area contributed by atoms with Crippen molar-refractivity contribution in [1.29, 1.82) is 0 Å². The van der Waals surface area contributed by atoms with E-state index in [0.29, 0.717) is 10.2 Å². The van der Waals surface area contributed by atoms with Crippen molar-refractivity contribution >= 4 is 45.1 Å². The van der Waals surface area contributed by atoms with E-state index < -0.39 is 0 Å². The molecule has 0 aliphatic heterocycles. The predicted molar refractivity (Wildman–Crippen MR) is 84.4 cm³/mol. The average molecular weight is 324 g/mol. The molecule has 0 saturated heterocycles. The third-order valence-corrected chi connectivity index (χ3v) is 4.46. The molecule has 102 valence electrons. The van der Waals surface area contributed by atoms with E-state index in [4.69, 9.17) is 11.6 Å². The second kappa shape index (κ2) is 5.40. The Morgan fingerprint density at radius 3 is 2.70 bits per heavy atom. The molecule has 4 nitrogen and oxygen atoms in total. The maximum absolute atomic E-state index is 9.25. The second-order valence-corrected chi connectivity index (χ2v) is 6.41. The van der Waals surface area contributed by atoms with Crippen LogP contribution in [0.1, 0.15) is 5.01 Å². The quantitative estimate of drug-likeness (QED) is 0.735. The van der Waals surface area contributed by atoms with Gasteiger partial charge in [0.1, 0.15) is 0 Å². The fourth-order valence-electron chi connectivity index (χ4n) is 1.71. The number of aryl methyl sites for hydroxylation is 1. The van der Waals surface area contributed by atoms with Gasteiger partial charge in [0.25, 0.3) is 0 Å². The van der Waals surface area contributed by atoms with Gasteiger partial charge < -0.3 is 10.4 Å². The molecule has 0 atom stereocenters. The first-order valence-electron chi connectivity index (χ1n) is 5.75. The van der Waals surface area contributed by atoms with Crippen molar-refractivity contribution in [1.82, 2.24) is 9.97 Å². The highest BCUT2D eigenvalue weighted by atomic mass is 35.5. The number of aromatic nitrogens is 2. The van der Waals surface area contributed by atoms with E-state index in [9.17, 15) is 5.11 Å². The molecule has 3 rings (SSSR count). The Labute approximate surface area is 128 Å². The van der Waals surface area contributed by atoms with Gasteiger partial charge in [0.15, 0.2) is 5.13 Å². The van der Waals surface area contributed by atoms with Crippen LogP contribution in [0, 0.1) is 6.92 Å². The first-order valence-corrected chi connectivity index (χ1v) is 7.89. The fourth-order valence-corrected chi connectivity index (χ4v) is 3.09. The molecule has 0 aliphatic rings. The Hall–Kier alpha value is -1.63. The molecule has 0 spiro atoms. The van der Waals surface area contributed by atoms with Crippen LogP contribution in [-0.2, 0) is 0 Å². The van der Waals surface area contributed by atoms with Crippen LogP contribution < -0.4 is 5.32 Å². The van der Waals surface area contributed by atoms with Gasteiger partial charge in [0.05, 0.1) is 26.8 Å². The minimum atomic E-state index is -0.0000897. The molecule has 0 unspecified atom stereocenters. The zero-order chi connectivity index (χ0) is 14.1. The minimum Gasteiger partial charge on any atom is -0.493 e. The lowest BCUT2D eigenvalue weighted by molar-refractivity contribution is 0.458. The third-order valence-electron chi connectivity index (χ3n) is 2.61. The molecule has 0 saturated carbocycles. The molecular formula is C13H10ClN3OS2. The van der Waals surface area contributed by atoms with Crippen molar-refractivity contribution in [3.63, 3.8) is 0 Å². The van der Waals surface area contributed by atoms with Gasteiger partial charge in [0, 0.05) is 10.9 Å². The molecule has 3 aromatic rings. The van der Waals surface area contributed by atoms with Crippen molar-refractivity contribution in [3.05, 3.63) is 39.0 Å². The maximum Gasteiger partial charge on any atom is 0.223 e. The highest BCUT2D eigenvalue weighted by molar-refractivity contribution is 7.14. The molecule has 20 heavy (non-hydrogen) atoms. The van der Waals surface area contributed by atoms with Crippen LogP contribution in [0.3, 0.4) is 0 Å². The summed E-state index contributed by atoms with van der Waals surface area (Å²) in [4.78, 5) is 8.40. The van der Waals surface area contributed by atoms with Gasteiger partial charge in [-0.2, -0.15) is 4.98 Å². The van der Waals surface area contributed by atoms with E-state index in [1.165, 1.54) is 11.3 Å². The van der Waals surface area contributed by atoms with E-state index in [1.807, 2.05) is 30.5 Å². The highest BCUT2D eigenvalue weighted by Gasteiger charge is 2.08. The van der Waals surface area contributed by atoms with E-state index in [-0.39, 0.29) is 5.88 Å². The van der Waals surface area contributed by atoms with Crippen molar-refractivity contribution in [2.24, 2.45) is 0 Å². The topological polar surface area (TPSA) is 58.0 Å². The molecule has 0 radical (unpaired) electrons. The summed E-state index contributed by atoms with van der Waals surface area (Å²) in [7, 11) is 0. The van der Waals surface area contributed by atoms with Crippen molar-refractivity contribution in [2.75, 3.05) is 5.32 Å². The molecule has 2 N–H and O–H groups in total. The van der Waals surface area contributed by atoms with Crippen LogP contribution in [0.2, 0.25) is 5.02 Å². The van der Waals surface area contributed by atoms with Gasteiger partial charge in [-0.3, -0.25) is 0 Å². The summed E-state index contributed by atoms with van der Waals surface area (Å²) in [5.74, 6) is -0.0000897. The van der Waals surface area contributed by atoms with Crippen LogP contribution in [0.15, 0.2) is 29.0 Å². The summed E-state index contributed by atoms with van der Waals surface area (Å²) in [5, 5.41) is 18.1. The lowest BCUT2D eigenvalue weighted by atomic mass is 10.1. The Kier molecular flexibility index (Phi) is 3.60. The summed E-state index contributed by atoms with van der Waals surface area (Å²) in [6, 6.07) is 5.68. The monoisotopic (exact) mass is 323 g/mol. The number of nitrogens with zero attached hydrogens (tertiary/aromatic N) is 2. The highest BCUT2D eigenvalue weighted by Crippen LogP contribution is 2.32. The Bertz CT molecular complexity index is 754. The lowest BCUT2D eigenvalue weighted by Gasteiger charge is -2.07. The number of thiazole rings is 2. The van der Waals surface area contributed by atoms with Gasteiger partial charge in [-0.1, -0.05) is 17.7 Å². The van der Waals surface area contributed by atoms with Gasteiger partial charge >= 0.3 is 0 Å². The predicted octanol–water partition coefficient (Wildman–Crippen LogP) is 4.68. The molecule has 2 aromatic heterocycles. The van der Waals surface area contributed by atoms with Crippen LogP contribution in [0.5, 0.6) is 5.88 Å². The van der Waals surface area contributed by atoms with Crippen molar-refractivity contribution < 1.29 is 5.11 Å². The Balaban J connectivity index is 1.94. The minimum absolute atomic E-state index is 0.0000897. The smallest absolute Gasteiger partial charge is 0.223 e. The summed E-state index contributed by atoms with van der Waals surface area (Å²) in [5.41, 5.74) is 2.65. The van der Waals surface area contributed by atoms with Gasteiger partial charge in [-0.25, -0.2) is 4.98 Å². The zero-order valence-electron chi connectivity index (χ0n) is 10.4. The lowest BCUT2D eigenvalue weighted by Crippen LogP contribution is -1.91. The Morgan fingerprint density at radius 1 is 1.20 bits per heavy atom. The van der Waals surface area contributed by atoms with Gasteiger partial charge in [0.2, 0.25) is 5.88 Å². The van der Waals surface area contributed by atoms with E-state index >= 15 is 0 Å². The molecule has 0 amide bonds. The first-order chi connectivity index (χ1) is 9.61. The number of halogens is 1. The van der Waals surface area contributed by atoms with Gasteiger partial charge in [-0.05, 0) is 19.1 Å². The third kappa shape index (κ3) is 2.77. The largest absolute Gasteiger partial charge is 0.493 e. The second-order valence-electron chi connectivity index (χ2n) is 4.08. The number of anilines is 2. The molecule has 0 fully saturated rings. The first kappa shape index (κ1) is 13.4. The van der Waals surface area contributed by atoms with Crippen molar-refractivity contribution in [2.45, 2.75) is 6.92 Å². The van der Waals surface area contributed by atoms with Crippen LogP contribution in [0.4, 0.5) is 10.8 Å². The number of hydrogen-bond acceptors (Lipinski definition) is 6.